The van der Waals surface area contributed by atoms with Crippen molar-refractivity contribution in [3.8, 4) is 0 Å². The summed E-state index contributed by atoms with van der Waals surface area (Å²) in [5, 5.41) is 10.5. The number of nitrogens with zero attached hydrogens (tertiary/aromatic N) is 1. The predicted molar refractivity (Wildman–Crippen MR) is 201 cm³/mol. The Hall–Kier alpha value is 0.280. The summed E-state index contributed by atoms with van der Waals surface area (Å²) in [6, 6.07) is 0. The fourth-order valence-electron chi connectivity index (χ4n) is 6.10. The molecule has 0 aliphatic rings. The van der Waals surface area contributed by atoms with Crippen molar-refractivity contribution in [1.29, 1.82) is 0 Å². The second kappa shape index (κ2) is 39.1. The Labute approximate surface area is 306 Å². The summed E-state index contributed by atoms with van der Waals surface area (Å²) < 4.78 is 18.8. The molecule has 2 unspecified atom stereocenters. The van der Waals surface area contributed by atoms with Crippen LogP contribution in [-0.2, 0) is 14.2 Å². The van der Waals surface area contributed by atoms with E-state index >= 15 is 0 Å². The van der Waals surface area contributed by atoms with Gasteiger partial charge in [0.05, 0.1) is 40.5 Å². The average Bonchev–Trinajstić information content (AvgIpc) is 3.01. The van der Waals surface area contributed by atoms with Crippen molar-refractivity contribution in [3.05, 3.63) is 0 Å². The molecule has 0 saturated carbocycles. The number of unbranched alkanes of at least 4 members (excludes halogenated alkanes) is 26. The third kappa shape index (κ3) is 42.4. The predicted octanol–water partition coefficient (Wildman–Crippen LogP) is 8.79. The van der Waals surface area contributed by atoms with Gasteiger partial charge in [-0.05, 0) is 12.8 Å². The van der Waals surface area contributed by atoms with E-state index in [0.29, 0.717) is 19.6 Å². The standard InChI is InChI=1S/C41H86NO4.BrH/c1-6-8-10-12-14-16-18-20-22-24-26-28-30-32-35-44-39-40(38-41(43)46-37-34-42(3,4)5)45-36-33-31-29-27-25-23-21-19-17-15-13-11-9-7-2;/h40-41,43H,6-39H2,1-5H3;1H/q+1;/p-1. The summed E-state index contributed by atoms with van der Waals surface area (Å²) in [6.07, 6.45) is 37.8. The fraction of sp³-hybridized carbons (Fsp3) is 1.00. The van der Waals surface area contributed by atoms with Crippen LogP contribution in [0.2, 0.25) is 0 Å². The first-order chi connectivity index (χ1) is 22.4. The van der Waals surface area contributed by atoms with Crippen molar-refractivity contribution in [2.75, 3.05) is 54.1 Å². The number of quaternary nitrogens is 1. The van der Waals surface area contributed by atoms with Crippen molar-refractivity contribution in [2.24, 2.45) is 0 Å². The topological polar surface area (TPSA) is 47.9 Å². The molecule has 0 aromatic carbocycles. The second-order valence-corrected chi connectivity index (χ2v) is 15.3. The first-order valence-electron chi connectivity index (χ1n) is 20.7. The number of aliphatic hydroxyl groups excluding tert-OH is 1. The molecular weight excluding hydrogens is 650 g/mol. The van der Waals surface area contributed by atoms with Gasteiger partial charge in [-0.25, -0.2) is 0 Å². The molecule has 0 rings (SSSR count). The number of hydrogen-bond donors (Lipinski definition) is 1. The van der Waals surface area contributed by atoms with Gasteiger partial charge in [0.1, 0.15) is 6.54 Å². The molecule has 1 N–H and O–H groups in total. The minimum atomic E-state index is -0.794. The molecule has 6 heteroatoms. The van der Waals surface area contributed by atoms with Gasteiger partial charge in [-0.1, -0.05) is 181 Å². The largest absolute Gasteiger partial charge is 1.00 e. The molecule has 0 saturated heterocycles. The molecule has 0 radical (unpaired) electrons. The Morgan fingerprint density at radius 1 is 0.447 bits per heavy atom. The quantitative estimate of drug-likeness (QED) is 0.0390. The molecule has 286 valence electrons. The lowest BCUT2D eigenvalue weighted by Gasteiger charge is -2.25. The third-order valence-electron chi connectivity index (χ3n) is 9.33. The number of ether oxygens (including phenoxy) is 3. The molecule has 0 spiro atoms. The van der Waals surface area contributed by atoms with Gasteiger partial charge in [0.25, 0.3) is 0 Å². The Morgan fingerprint density at radius 3 is 1.15 bits per heavy atom. The number of halogens is 1. The summed E-state index contributed by atoms with van der Waals surface area (Å²) in [5.74, 6) is 0. The third-order valence-corrected chi connectivity index (χ3v) is 9.33. The Bertz CT molecular complexity index is 574. The minimum Gasteiger partial charge on any atom is -1.00 e. The van der Waals surface area contributed by atoms with Crippen molar-refractivity contribution < 1.29 is 40.8 Å². The highest BCUT2D eigenvalue weighted by atomic mass is 79.9. The van der Waals surface area contributed by atoms with Gasteiger partial charge >= 0.3 is 0 Å². The highest BCUT2D eigenvalue weighted by Crippen LogP contribution is 2.15. The van der Waals surface area contributed by atoms with E-state index in [9.17, 15) is 5.11 Å². The fourth-order valence-corrected chi connectivity index (χ4v) is 6.10. The normalized spacial score (nSPS) is 13.1. The molecule has 0 aromatic rings. The van der Waals surface area contributed by atoms with Gasteiger partial charge in [0.2, 0.25) is 0 Å². The lowest BCUT2D eigenvalue weighted by Crippen LogP contribution is -3.00. The van der Waals surface area contributed by atoms with Crippen LogP contribution in [0.25, 0.3) is 0 Å². The van der Waals surface area contributed by atoms with E-state index in [4.69, 9.17) is 14.2 Å². The monoisotopic (exact) mass is 736 g/mol. The van der Waals surface area contributed by atoms with Crippen molar-refractivity contribution in [3.63, 3.8) is 0 Å². The minimum absolute atomic E-state index is 0. The summed E-state index contributed by atoms with van der Waals surface area (Å²) in [6.45, 7) is 8.09. The lowest BCUT2D eigenvalue weighted by atomic mass is 10.0. The molecule has 0 aliphatic heterocycles. The van der Waals surface area contributed by atoms with E-state index in [1.807, 2.05) is 0 Å². The number of likely N-dealkylation sites (N-methyl/N-ethyl adjacent to an activating group) is 1. The Morgan fingerprint density at radius 2 is 0.787 bits per heavy atom. The summed E-state index contributed by atoms with van der Waals surface area (Å²) in [4.78, 5) is 0. The number of aliphatic hydroxyl groups is 1. The molecule has 0 amide bonds. The van der Waals surface area contributed by atoms with Gasteiger partial charge in [0.15, 0.2) is 6.29 Å². The number of hydrogen-bond acceptors (Lipinski definition) is 4. The first-order valence-corrected chi connectivity index (χ1v) is 20.7. The maximum Gasteiger partial charge on any atom is 0.157 e. The van der Waals surface area contributed by atoms with Crippen molar-refractivity contribution >= 4 is 0 Å². The van der Waals surface area contributed by atoms with Crippen LogP contribution in [0, 0.1) is 0 Å². The molecule has 0 aliphatic carbocycles. The van der Waals surface area contributed by atoms with Crippen LogP contribution in [0.15, 0.2) is 0 Å². The van der Waals surface area contributed by atoms with E-state index in [2.05, 4.69) is 35.0 Å². The highest BCUT2D eigenvalue weighted by Gasteiger charge is 2.17. The second-order valence-electron chi connectivity index (χ2n) is 15.3. The average molecular weight is 737 g/mol. The Kier molecular flexibility index (Phi) is 41.1. The zero-order chi connectivity index (χ0) is 33.8. The van der Waals surface area contributed by atoms with Crippen molar-refractivity contribution in [1.82, 2.24) is 0 Å². The van der Waals surface area contributed by atoms with Crippen LogP contribution >= 0.6 is 0 Å². The summed E-state index contributed by atoms with van der Waals surface area (Å²) in [5.41, 5.74) is 0. The summed E-state index contributed by atoms with van der Waals surface area (Å²) >= 11 is 0. The maximum absolute atomic E-state index is 10.5. The molecule has 2 atom stereocenters. The molecule has 47 heavy (non-hydrogen) atoms. The molecule has 0 heterocycles. The van der Waals surface area contributed by atoms with Crippen LogP contribution in [-0.4, -0.2) is 76.1 Å². The van der Waals surface area contributed by atoms with E-state index in [1.165, 1.54) is 167 Å². The van der Waals surface area contributed by atoms with Gasteiger partial charge in [-0.3, -0.25) is 0 Å². The van der Waals surface area contributed by atoms with Gasteiger partial charge in [-0.2, -0.15) is 0 Å². The maximum atomic E-state index is 10.5. The smallest absolute Gasteiger partial charge is 0.157 e. The molecule has 5 nitrogen and oxygen atoms in total. The van der Waals surface area contributed by atoms with Crippen LogP contribution < -0.4 is 17.0 Å². The van der Waals surface area contributed by atoms with E-state index < -0.39 is 6.29 Å². The van der Waals surface area contributed by atoms with E-state index in [-0.39, 0.29) is 23.1 Å². The van der Waals surface area contributed by atoms with Gasteiger partial charge in [0, 0.05) is 19.6 Å². The van der Waals surface area contributed by atoms with Crippen LogP contribution in [0.4, 0.5) is 0 Å². The highest BCUT2D eigenvalue weighted by molar-refractivity contribution is 4.61. The molecule has 0 bridgehead atoms. The van der Waals surface area contributed by atoms with Crippen molar-refractivity contribution in [2.45, 2.75) is 212 Å². The van der Waals surface area contributed by atoms with Gasteiger partial charge < -0.3 is 40.8 Å². The zero-order valence-corrected chi connectivity index (χ0v) is 34.3. The molecule has 0 fully saturated rings. The van der Waals surface area contributed by atoms with E-state index in [1.54, 1.807) is 0 Å². The first kappa shape index (κ1) is 49.4. The SMILES string of the molecule is CCCCCCCCCCCCCCCCOCC(CC(O)OCC[N+](C)(C)C)OCCCCCCCCCCCCCCCC.[Br-]. The van der Waals surface area contributed by atoms with Crippen LogP contribution in [0.5, 0.6) is 0 Å². The zero-order valence-electron chi connectivity index (χ0n) is 32.7. The van der Waals surface area contributed by atoms with Crippen LogP contribution in [0.1, 0.15) is 200 Å². The number of rotatable bonds is 39. The molecule has 0 aromatic heterocycles. The Balaban J connectivity index is 0. The van der Waals surface area contributed by atoms with Crippen LogP contribution in [0.3, 0.4) is 0 Å². The molecular formula is C41H86BrNO4. The van der Waals surface area contributed by atoms with E-state index in [0.717, 1.165) is 37.1 Å². The van der Waals surface area contributed by atoms with Gasteiger partial charge in [-0.15, -0.1) is 0 Å². The lowest BCUT2D eigenvalue weighted by molar-refractivity contribution is -0.871. The summed E-state index contributed by atoms with van der Waals surface area (Å²) in [7, 11) is 6.43.